The molecule has 1 aliphatic heterocycles. The molecule has 1 saturated carbocycles. The van der Waals surface area contributed by atoms with Crippen LogP contribution in [0.15, 0.2) is 0 Å². The maximum absolute atomic E-state index is 12.1. The van der Waals surface area contributed by atoms with Gasteiger partial charge in [0.1, 0.15) is 0 Å². The van der Waals surface area contributed by atoms with Gasteiger partial charge in [0.25, 0.3) is 0 Å². The second-order valence-corrected chi connectivity index (χ2v) is 6.19. The maximum Gasteiger partial charge on any atom is 0.317 e. The first-order valence-corrected chi connectivity index (χ1v) is 7.24. The Morgan fingerprint density at radius 3 is 2.74 bits per heavy atom. The first-order valence-electron chi connectivity index (χ1n) is 7.24. The van der Waals surface area contributed by atoms with Crippen LogP contribution in [0.3, 0.4) is 0 Å². The van der Waals surface area contributed by atoms with Crippen LogP contribution in [0.4, 0.5) is 4.79 Å². The van der Waals surface area contributed by atoms with E-state index in [2.05, 4.69) is 12.2 Å². The number of piperidine rings is 1. The van der Waals surface area contributed by atoms with Gasteiger partial charge in [0.15, 0.2) is 0 Å². The number of rotatable bonds is 4. The highest BCUT2D eigenvalue weighted by Crippen LogP contribution is 2.30. The molecule has 4 unspecified atom stereocenters. The summed E-state index contributed by atoms with van der Waals surface area (Å²) in [4.78, 5) is 24.7. The van der Waals surface area contributed by atoms with E-state index in [1.54, 1.807) is 0 Å². The predicted molar refractivity (Wildman–Crippen MR) is 71.8 cm³/mol. The third-order valence-corrected chi connectivity index (χ3v) is 4.46. The number of carboxylic acid groups (broad SMARTS) is 1. The van der Waals surface area contributed by atoms with E-state index in [-0.39, 0.29) is 18.4 Å². The lowest BCUT2D eigenvalue weighted by Gasteiger charge is -2.35. The minimum absolute atomic E-state index is 0.0292. The second kappa shape index (κ2) is 5.80. The molecule has 2 aliphatic rings. The summed E-state index contributed by atoms with van der Waals surface area (Å²) in [5, 5.41) is 11.9. The molecule has 1 saturated heterocycles. The molecule has 5 heteroatoms. The average Bonchev–Trinajstić information content (AvgIpc) is 3.04. The van der Waals surface area contributed by atoms with Crippen LogP contribution in [0.2, 0.25) is 0 Å². The fourth-order valence-electron chi connectivity index (χ4n) is 2.87. The van der Waals surface area contributed by atoms with E-state index in [0.29, 0.717) is 24.4 Å². The topological polar surface area (TPSA) is 69.6 Å². The summed E-state index contributed by atoms with van der Waals surface area (Å²) in [6.07, 6.45) is 3.28. The van der Waals surface area contributed by atoms with E-state index in [0.717, 1.165) is 25.8 Å². The molecule has 0 spiro atoms. The van der Waals surface area contributed by atoms with Crippen LogP contribution in [0.5, 0.6) is 0 Å². The van der Waals surface area contributed by atoms with Crippen molar-refractivity contribution in [2.24, 2.45) is 17.8 Å². The van der Waals surface area contributed by atoms with Crippen LogP contribution in [0.1, 0.15) is 39.5 Å². The Morgan fingerprint density at radius 1 is 1.47 bits per heavy atom. The Balaban J connectivity index is 1.82. The number of amides is 2. The molecule has 19 heavy (non-hydrogen) atoms. The van der Waals surface area contributed by atoms with Crippen LogP contribution >= 0.6 is 0 Å². The molecule has 2 rings (SSSR count). The zero-order chi connectivity index (χ0) is 14.0. The highest BCUT2D eigenvalue weighted by atomic mass is 16.4. The number of hydrogen-bond donors (Lipinski definition) is 2. The molecule has 0 radical (unpaired) electrons. The summed E-state index contributed by atoms with van der Waals surface area (Å²) in [6.45, 7) is 5.60. The first-order chi connectivity index (χ1) is 8.97. The maximum atomic E-state index is 12.1. The number of carboxylic acids is 1. The number of nitrogens with one attached hydrogen (secondary N) is 1. The number of aliphatic carboxylic acids is 1. The summed E-state index contributed by atoms with van der Waals surface area (Å²) < 4.78 is 0. The van der Waals surface area contributed by atoms with E-state index in [1.807, 2.05) is 11.8 Å². The number of hydrogen-bond acceptors (Lipinski definition) is 2. The minimum Gasteiger partial charge on any atom is -0.481 e. The molecular formula is C14H24N2O3. The Hall–Kier alpha value is -1.26. The Labute approximate surface area is 114 Å². The summed E-state index contributed by atoms with van der Waals surface area (Å²) in [5.74, 6) is 0.302. The molecule has 2 N–H and O–H groups in total. The zero-order valence-corrected chi connectivity index (χ0v) is 11.8. The fraction of sp³-hybridized carbons (Fsp3) is 0.857. The van der Waals surface area contributed by atoms with Crippen molar-refractivity contribution in [3.63, 3.8) is 0 Å². The van der Waals surface area contributed by atoms with Gasteiger partial charge in [-0.25, -0.2) is 4.79 Å². The van der Waals surface area contributed by atoms with Gasteiger partial charge in [-0.05, 0) is 37.0 Å². The van der Waals surface area contributed by atoms with E-state index in [1.165, 1.54) is 0 Å². The lowest BCUT2D eigenvalue weighted by atomic mass is 9.85. The third-order valence-electron chi connectivity index (χ3n) is 4.46. The molecule has 5 nitrogen and oxygen atoms in total. The van der Waals surface area contributed by atoms with Crippen molar-refractivity contribution < 1.29 is 14.7 Å². The van der Waals surface area contributed by atoms with Gasteiger partial charge in [0, 0.05) is 25.6 Å². The zero-order valence-electron chi connectivity index (χ0n) is 11.8. The van der Waals surface area contributed by atoms with Crippen LogP contribution in [0, 0.1) is 17.8 Å². The fourth-order valence-corrected chi connectivity index (χ4v) is 2.87. The lowest BCUT2D eigenvalue weighted by Crippen LogP contribution is -2.47. The van der Waals surface area contributed by atoms with Crippen LogP contribution in [0.25, 0.3) is 0 Å². The van der Waals surface area contributed by atoms with Crippen molar-refractivity contribution in [1.29, 1.82) is 0 Å². The Kier molecular flexibility index (Phi) is 4.32. The van der Waals surface area contributed by atoms with E-state index >= 15 is 0 Å². The largest absolute Gasteiger partial charge is 0.481 e. The van der Waals surface area contributed by atoms with Crippen molar-refractivity contribution in [3.05, 3.63) is 0 Å². The van der Waals surface area contributed by atoms with Crippen molar-refractivity contribution in [1.82, 2.24) is 10.2 Å². The molecule has 0 aromatic rings. The van der Waals surface area contributed by atoms with Gasteiger partial charge in [-0.15, -0.1) is 0 Å². The molecule has 108 valence electrons. The molecule has 1 aliphatic carbocycles. The van der Waals surface area contributed by atoms with Gasteiger partial charge in [0.2, 0.25) is 0 Å². The minimum atomic E-state index is -0.749. The quantitative estimate of drug-likeness (QED) is 0.818. The van der Waals surface area contributed by atoms with Gasteiger partial charge in [-0.2, -0.15) is 0 Å². The van der Waals surface area contributed by atoms with Gasteiger partial charge in [0.05, 0.1) is 0 Å². The van der Waals surface area contributed by atoms with Crippen LogP contribution in [-0.2, 0) is 4.79 Å². The summed E-state index contributed by atoms with van der Waals surface area (Å²) in [6, 6.07) is 0.380. The van der Waals surface area contributed by atoms with E-state index < -0.39 is 5.97 Å². The third kappa shape index (κ3) is 3.85. The smallest absolute Gasteiger partial charge is 0.317 e. The monoisotopic (exact) mass is 268 g/mol. The van der Waals surface area contributed by atoms with Crippen molar-refractivity contribution in [2.45, 2.75) is 45.6 Å². The first kappa shape index (κ1) is 14.2. The molecular weight excluding hydrogens is 244 g/mol. The molecule has 4 atom stereocenters. The molecule has 2 fully saturated rings. The van der Waals surface area contributed by atoms with E-state index in [4.69, 9.17) is 5.11 Å². The van der Waals surface area contributed by atoms with Gasteiger partial charge in [-0.1, -0.05) is 13.8 Å². The molecule has 0 bridgehead atoms. The van der Waals surface area contributed by atoms with Gasteiger partial charge in [-0.3, -0.25) is 4.79 Å². The Bertz CT molecular complexity index is 359. The van der Waals surface area contributed by atoms with Crippen LogP contribution < -0.4 is 5.32 Å². The standard InChI is InChI=1S/C14H24N2O3/c1-9(7-13(17)18)11-4-3-5-16(8-11)14(19)15-12-6-10(12)2/h9-12H,3-8H2,1-2H3,(H,15,19)(H,17,18). The number of likely N-dealkylation sites (tertiary alicyclic amines) is 1. The number of carbonyl (C=O) groups is 2. The normalized spacial score (nSPS) is 31.7. The lowest BCUT2D eigenvalue weighted by molar-refractivity contribution is -0.138. The van der Waals surface area contributed by atoms with Crippen LogP contribution in [-0.4, -0.2) is 41.1 Å². The van der Waals surface area contributed by atoms with Crippen molar-refractivity contribution in [3.8, 4) is 0 Å². The molecule has 0 aromatic carbocycles. The van der Waals surface area contributed by atoms with Crippen molar-refractivity contribution in [2.75, 3.05) is 13.1 Å². The second-order valence-electron chi connectivity index (χ2n) is 6.19. The van der Waals surface area contributed by atoms with Gasteiger partial charge < -0.3 is 15.3 Å². The highest BCUT2D eigenvalue weighted by molar-refractivity contribution is 5.75. The highest BCUT2D eigenvalue weighted by Gasteiger charge is 2.36. The van der Waals surface area contributed by atoms with Crippen molar-refractivity contribution >= 4 is 12.0 Å². The number of carbonyl (C=O) groups excluding carboxylic acids is 1. The molecule has 0 aromatic heterocycles. The summed E-state index contributed by atoms with van der Waals surface area (Å²) in [5.41, 5.74) is 0. The summed E-state index contributed by atoms with van der Waals surface area (Å²) >= 11 is 0. The SMILES string of the molecule is CC(CC(=O)O)C1CCCN(C(=O)NC2CC2C)C1. The summed E-state index contributed by atoms with van der Waals surface area (Å²) in [7, 11) is 0. The Morgan fingerprint density at radius 2 is 2.16 bits per heavy atom. The molecule has 2 amide bonds. The average molecular weight is 268 g/mol. The molecule has 1 heterocycles. The number of urea groups is 1. The number of nitrogens with zero attached hydrogens (tertiary/aromatic N) is 1. The van der Waals surface area contributed by atoms with E-state index in [9.17, 15) is 9.59 Å². The van der Waals surface area contributed by atoms with Gasteiger partial charge >= 0.3 is 12.0 Å². The predicted octanol–water partition coefficient (Wildman–Crippen LogP) is 1.93.